The predicted octanol–water partition coefficient (Wildman–Crippen LogP) is 1.84. The molecular weight excluding hydrogens is 154 g/mol. The molecule has 1 unspecified atom stereocenters. The first-order valence-corrected chi connectivity index (χ1v) is 4.01. The fraction of sp³-hybridized carbons (Fsp3) is 0.625. The van der Waals surface area contributed by atoms with Crippen molar-refractivity contribution in [1.82, 2.24) is 10.1 Å². The van der Waals surface area contributed by atoms with Crippen molar-refractivity contribution in [3.63, 3.8) is 0 Å². The molecule has 0 radical (unpaired) electrons. The van der Waals surface area contributed by atoms with Crippen LogP contribution in [0.4, 0.5) is 0 Å². The van der Waals surface area contributed by atoms with E-state index in [1.54, 1.807) is 0 Å². The van der Waals surface area contributed by atoms with E-state index >= 15 is 0 Å². The second-order valence-electron chi connectivity index (χ2n) is 2.76. The zero-order chi connectivity index (χ0) is 8.97. The lowest BCUT2D eigenvalue weighted by Gasteiger charge is -2.01. The normalized spacial score (nSPS) is 12.4. The highest BCUT2D eigenvalue weighted by atomic mass is 16.5. The van der Waals surface area contributed by atoms with Crippen LogP contribution >= 0.6 is 0 Å². The van der Waals surface area contributed by atoms with Crippen molar-refractivity contribution in [3.8, 4) is 6.07 Å². The van der Waals surface area contributed by atoms with Crippen molar-refractivity contribution in [1.29, 1.82) is 5.26 Å². The van der Waals surface area contributed by atoms with Gasteiger partial charge in [-0.05, 0) is 11.6 Å². The molecule has 0 spiro atoms. The highest BCUT2D eigenvalue weighted by molar-refractivity contribution is 5.07. The van der Waals surface area contributed by atoms with E-state index < -0.39 is 0 Å². The molecule has 4 heteroatoms. The molecule has 0 aliphatic carbocycles. The van der Waals surface area contributed by atoms with Crippen molar-refractivity contribution in [2.45, 2.75) is 32.6 Å². The Labute approximate surface area is 71.2 Å². The molecule has 0 aliphatic heterocycles. The first-order valence-electron chi connectivity index (χ1n) is 4.01. The van der Waals surface area contributed by atoms with Crippen LogP contribution in [-0.2, 0) is 0 Å². The number of nitriles is 1. The van der Waals surface area contributed by atoms with Crippen LogP contribution in [0.25, 0.3) is 0 Å². The molecule has 1 rings (SSSR count). The van der Waals surface area contributed by atoms with Gasteiger partial charge in [-0.2, -0.15) is 10.2 Å². The number of rotatable bonds is 3. The zero-order valence-electron chi connectivity index (χ0n) is 7.24. The van der Waals surface area contributed by atoms with Gasteiger partial charge in [0.25, 0.3) is 5.82 Å². The fourth-order valence-corrected chi connectivity index (χ4v) is 1.04. The van der Waals surface area contributed by atoms with E-state index in [0.717, 1.165) is 12.8 Å². The van der Waals surface area contributed by atoms with Gasteiger partial charge in [-0.1, -0.05) is 20.3 Å². The molecule has 1 heterocycles. The van der Waals surface area contributed by atoms with E-state index in [1.807, 2.05) is 13.0 Å². The van der Waals surface area contributed by atoms with Crippen molar-refractivity contribution < 1.29 is 4.52 Å². The molecule has 1 aromatic rings. The molecule has 64 valence electrons. The lowest BCUT2D eigenvalue weighted by molar-refractivity contribution is 0.351. The van der Waals surface area contributed by atoms with Crippen LogP contribution in [0.3, 0.4) is 0 Å². The van der Waals surface area contributed by atoms with Crippen molar-refractivity contribution >= 4 is 0 Å². The molecule has 0 bridgehead atoms. The summed E-state index contributed by atoms with van der Waals surface area (Å²) in [7, 11) is 0. The monoisotopic (exact) mass is 165 g/mol. The van der Waals surface area contributed by atoms with E-state index in [-0.39, 0.29) is 11.7 Å². The number of nitrogens with zero attached hydrogens (tertiary/aromatic N) is 3. The molecule has 1 atom stereocenters. The first-order chi connectivity index (χ1) is 5.77. The summed E-state index contributed by atoms with van der Waals surface area (Å²) in [6.07, 6.45) is 2.08. The number of hydrogen-bond donors (Lipinski definition) is 0. The number of hydrogen-bond acceptors (Lipinski definition) is 4. The third kappa shape index (κ3) is 1.82. The molecule has 0 aliphatic rings. The van der Waals surface area contributed by atoms with E-state index in [0.29, 0.717) is 5.89 Å². The molecule has 1 aromatic heterocycles. The topological polar surface area (TPSA) is 62.7 Å². The minimum Gasteiger partial charge on any atom is -0.338 e. The Morgan fingerprint density at radius 3 is 2.92 bits per heavy atom. The summed E-state index contributed by atoms with van der Waals surface area (Å²) in [5.74, 6) is 0.936. The van der Waals surface area contributed by atoms with E-state index in [1.165, 1.54) is 0 Å². The molecule has 0 N–H and O–H groups in total. The summed E-state index contributed by atoms with van der Waals surface area (Å²) in [5.41, 5.74) is 0. The largest absolute Gasteiger partial charge is 0.338 e. The van der Waals surface area contributed by atoms with Gasteiger partial charge in [-0.25, -0.2) is 0 Å². The summed E-state index contributed by atoms with van der Waals surface area (Å²) >= 11 is 0. The van der Waals surface area contributed by atoms with Crippen molar-refractivity contribution in [2.24, 2.45) is 0 Å². The Bertz CT molecular complexity index is 287. The average molecular weight is 165 g/mol. The van der Waals surface area contributed by atoms with Gasteiger partial charge in [0.1, 0.15) is 6.07 Å². The summed E-state index contributed by atoms with van der Waals surface area (Å²) in [4.78, 5) is 3.91. The lowest BCUT2D eigenvalue weighted by atomic mass is 10.1. The third-order valence-corrected chi connectivity index (χ3v) is 1.68. The smallest absolute Gasteiger partial charge is 0.273 e. The highest BCUT2D eigenvalue weighted by Crippen LogP contribution is 2.17. The van der Waals surface area contributed by atoms with Crippen LogP contribution in [-0.4, -0.2) is 10.1 Å². The summed E-state index contributed by atoms with van der Waals surface area (Å²) < 4.78 is 4.89. The first kappa shape index (κ1) is 8.72. The maximum Gasteiger partial charge on any atom is 0.273 e. The molecule has 0 fully saturated rings. The van der Waals surface area contributed by atoms with Gasteiger partial charge in [-0.15, -0.1) is 0 Å². The second kappa shape index (κ2) is 3.86. The summed E-state index contributed by atoms with van der Waals surface area (Å²) in [6.45, 7) is 4.11. The Kier molecular flexibility index (Phi) is 2.81. The van der Waals surface area contributed by atoms with E-state index in [2.05, 4.69) is 17.1 Å². The van der Waals surface area contributed by atoms with Crippen LogP contribution in [0, 0.1) is 11.3 Å². The summed E-state index contributed by atoms with van der Waals surface area (Å²) in [6, 6.07) is 1.83. The van der Waals surface area contributed by atoms with Gasteiger partial charge < -0.3 is 4.52 Å². The van der Waals surface area contributed by atoms with Gasteiger partial charge in [0, 0.05) is 5.92 Å². The minimum absolute atomic E-state index is 0.118. The molecule has 12 heavy (non-hydrogen) atoms. The van der Waals surface area contributed by atoms with Crippen LogP contribution in [0.5, 0.6) is 0 Å². The SMILES string of the molecule is CCCC(C)c1nc(C#N)no1. The fourth-order valence-electron chi connectivity index (χ4n) is 1.04. The molecule has 0 aromatic carbocycles. The second-order valence-corrected chi connectivity index (χ2v) is 2.76. The average Bonchev–Trinajstić information content (AvgIpc) is 2.52. The standard InChI is InChI=1S/C8H11N3O/c1-3-4-6(2)8-10-7(5-9)11-12-8/h6H,3-4H2,1-2H3. The molecule has 0 amide bonds. The molecule has 0 saturated carbocycles. The predicted molar refractivity (Wildman–Crippen MR) is 42.3 cm³/mol. The third-order valence-electron chi connectivity index (χ3n) is 1.68. The van der Waals surface area contributed by atoms with Gasteiger partial charge in [-0.3, -0.25) is 0 Å². The Morgan fingerprint density at radius 1 is 1.67 bits per heavy atom. The van der Waals surface area contributed by atoms with Gasteiger partial charge in [0.05, 0.1) is 0 Å². The highest BCUT2D eigenvalue weighted by Gasteiger charge is 2.12. The van der Waals surface area contributed by atoms with Crippen molar-refractivity contribution in [2.75, 3.05) is 0 Å². The van der Waals surface area contributed by atoms with Crippen LogP contribution in [0.2, 0.25) is 0 Å². The zero-order valence-corrected chi connectivity index (χ0v) is 7.24. The Morgan fingerprint density at radius 2 is 2.42 bits per heavy atom. The number of aromatic nitrogens is 2. The van der Waals surface area contributed by atoms with Crippen LogP contribution < -0.4 is 0 Å². The van der Waals surface area contributed by atoms with Gasteiger partial charge in [0.15, 0.2) is 0 Å². The molecule has 4 nitrogen and oxygen atoms in total. The Balaban J connectivity index is 2.69. The molecule has 0 saturated heterocycles. The van der Waals surface area contributed by atoms with Gasteiger partial charge >= 0.3 is 0 Å². The van der Waals surface area contributed by atoms with E-state index in [9.17, 15) is 0 Å². The lowest BCUT2D eigenvalue weighted by Crippen LogP contribution is -1.92. The molecular formula is C8H11N3O. The minimum atomic E-state index is 0.118. The quantitative estimate of drug-likeness (QED) is 0.685. The maximum absolute atomic E-state index is 8.43. The summed E-state index contributed by atoms with van der Waals surface area (Å²) in [5, 5.41) is 11.9. The van der Waals surface area contributed by atoms with E-state index in [4.69, 9.17) is 9.78 Å². The van der Waals surface area contributed by atoms with Crippen LogP contribution in [0.15, 0.2) is 4.52 Å². The van der Waals surface area contributed by atoms with Gasteiger partial charge in [0.2, 0.25) is 5.89 Å². The maximum atomic E-state index is 8.43. The van der Waals surface area contributed by atoms with Crippen molar-refractivity contribution in [3.05, 3.63) is 11.7 Å². The Hall–Kier alpha value is -1.37. The van der Waals surface area contributed by atoms with Crippen LogP contribution in [0.1, 0.15) is 44.3 Å².